The second-order valence-corrected chi connectivity index (χ2v) is 5.77. The zero-order valence-corrected chi connectivity index (χ0v) is 11.5. The number of benzene rings is 1. The van der Waals surface area contributed by atoms with Crippen molar-refractivity contribution < 1.29 is 19.1 Å². The van der Waals surface area contributed by atoms with Gasteiger partial charge in [-0.3, -0.25) is 4.79 Å². The minimum atomic E-state index is -1.18. The molecule has 2 bridgehead atoms. The molecule has 0 heterocycles. The number of carbonyl (C=O) groups is 2. The molecular formula is C16H15FNO3-. The lowest BCUT2D eigenvalue weighted by atomic mass is 9.82. The summed E-state index contributed by atoms with van der Waals surface area (Å²) in [7, 11) is 0. The normalized spacial score (nSPS) is 29.6. The Morgan fingerprint density at radius 2 is 1.90 bits per heavy atom. The van der Waals surface area contributed by atoms with Crippen LogP contribution in [0.1, 0.15) is 12.0 Å². The van der Waals surface area contributed by atoms with Crippen molar-refractivity contribution in [1.29, 1.82) is 0 Å². The molecule has 1 aromatic carbocycles. The van der Waals surface area contributed by atoms with Crippen LogP contribution in [0.5, 0.6) is 0 Å². The molecular weight excluding hydrogens is 273 g/mol. The first-order valence-electron chi connectivity index (χ1n) is 6.93. The minimum absolute atomic E-state index is 0.0568. The van der Waals surface area contributed by atoms with Crippen LogP contribution >= 0.6 is 0 Å². The summed E-state index contributed by atoms with van der Waals surface area (Å²) in [5.74, 6) is -3.46. The Balaban J connectivity index is 1.82. The van der Waals surface area contributed by atoms with Crippen LogP contribution in [0.3, 0.4) is 0 Å². The zero-order valence-electron chi connectivity index (χ0n) is 11.5. The van der Waals surface area contributed by atoms with Crippen molar-refractivity contribution in [2.75, 3.05) is 5.32 Å². The molecule has 3 rings (SSSR count). The number of carboxylic acid groups (broad SMARTS) is 1. The molecule has 4 nitrogen and oxygen atoms in total. The van der Waals surface area contributed by atoms with Crippen LogP contribution in [0.2, 0.25) is 0 Å². The molecule has 0 radical (unpaired) electrons. The molecule has 0 spiro atoms. The third kappa shape index (κ3) is 2.33. The number of carbonyl (C=O) groups excluding carboxylic acids is 2. The van der Waals surface area contributed by atoms with Gasteiger partial charge in [-0.05, 0) is 48.9 Å². The molecule has 21 heavy (non-hydrogen) atoms. The lowest BCUT2D eigenvalue weighted by molar-refractivity contribution is -0.313. The van der Waals surface area contributed by atoms with E-state index in [0.29, 0.717) is 17.7 Å². The number of fused-ring (bicyclic) bond motifs is 2. The Morgan fingerprint density at radius 1 is 1.24 bits per heavy atom. The van der Waals surface area contributed by atoms with E-state index in [1.807, 2.05) is 12.2 Å². The molecule has 1 saturated carbocycles. The Hall–Kier alpha value is -2.17. The molecule has 1 aromatic rings. The van der Waals surface area contributed by atoms with Gasteiger partial charge in [0.2, 0.25) is 5.91 Å². The molecule has 4 atom stereocenters. The van der Waals surface area contributed by atoms with Gasteiger partial charge in [-0.1, -0.05) is 12.2 Å². The van der Waals surface area contributed by atoms with Crippen LogP contribution in [0.15, 0.2) is 30.4 Å². The second kappa shape index (κ2) is 4.98. The second-order valence-electron chi connectivity index (χ2n) is 5.77. The first-order valence-corrected chi connectivity index (χ1v) is 6.93. The number of halogens is 1. The van der Waals surface area contributed by atoms with E-state index in [0.717, 1.165) is 0 Å². The van der Waals surface area contributed by atoms with Gasteiger partial charge >= 0.3 is 0 Å². The third-order valence-electron chi connectivity index (χ3n) is 4.48. The number of anilines is 1. The number of hydrogen-bond acceptors (Lipinski definition) is 3. The minimum Gasteiger partial charge on any atom is -0.550 e. The van der Waals surface area contributed by atoms with Gasteiger partial charge in [-0.15, -0.1) is 0 Å². The summed E-state index contributed by atoms with van der Waals surface area (Å²) >= 11 is 0. The van der Waals surface area contributed by atoms with Crippen molar-refractivity contribution in [2.45, 2.75) is 13.3 Å². The summed E-state index contributed by atoms with van der Waals surface area (Å²) in [5, 5.41) is 14.0. The Kier molecular flexibility index (Phi) is 3.27. The number of nitrogens with one attached hydrogen (secondary N) is 1. The van der Waals surface area contributed by atoms with E-state index >= 15 is 0 Å². The van der Waals surface area contributed by atoms with Gasteiger partial charge in [0, 0.05) is 17.6 Å². The Morgan fingerprint density at radius 3 is 2.52 bits per heavy atom. The summed E-state index contributed by atoms with van der Waals surface area (Å²) in [4.78, 5) is 23.7. The van der Waals surface area contributed by atoms with Crippen molar-refractivity contribution in [3.8, 4) is 0 Å². The summed E-state index contributed by atoms with van der Waals surface area (Å²) in [6.45, 7) is 1.69. The summed E-state index contributed by atoms with van der Waals surface area (Å²) in [5.41, 5.74) is 1.11. The molecule has 2 aliphatic carbocycles. The van der Waals surface area contributed by atoms with Gasteiger partial charge in [0.15, 0.2) is 0 Å². The van der Waals surface area contributed by atoms with Crippen molar-refractivity contribution in [3.63, 3.8) is 0 Å². The van der Waals surface area contributed by atoms with Crippen LogP contribution in [0, 0.1) is 36.4 Å². The van der Waals surface area contributed by atoms with Crippen molar-refractivity contribution >= 4 is 17.6 Å². The topological polar surface area (TPSA) is 69.2 Å². The van der Waals surface area contributed by atoms with E-state index in [1.54, 1.807) is 6.92 Å². The fourth-order valence-corrected chi connectivity index (χ4v) is 3.48. The number of amides is 1. The maximum Gasteiger partial charge on any atom is 0.228 e. The predicted octanol–water partition coefficient (Wildman–Crippen LogP) is 1.26. The highest BCUT2D eigenvalue weighted by molar-refractivity contribution is 5.96. The summed E-state index contributed by atoms with van der Waals surface area (Å²) < 4.78 is 13.1. The largest absolute Gasteiger partial charge is 0.550 e. The lowest BCUT2D eigenvalue weighted by Gasteiger charge is -2.28. The summed E-state index contributed by atoms with van der Waals surface area (Å²) in [6.07, 6.45) is 4.45. The van der Waals surface area contributed by atoms with Crippen LogP contribution in [-0.4, -0.2) is 11.9 Å². The van der Waals surface area contributed by atoms with E-state index in [1.165, 1.54) is 18.2 Å². The van der Waals surface area contributed by atoms with Crippen molar-refractivity contribution in [1.82, 2.24) is 0 Å². The lowest BCUT2D eigenvalue weighted by Crippen LogP contribution is -2.42. The van der Waals surface area contributed by atoms with E-state index in [9.17, 15) is 19.1 Å². The van der Waals surface area contributed by atoms with Crippen LogP contribution in [-0.2, 0) is 9.59 Å². The molecule has 0 saturated heterocycles. The number of carboxylic acids is 1. The van der Waals surface area contributed by atoms with Crippen molar-refractivity contribution in [2.24, 2.45) is 23.7 Å². The maximum atomic E-state index is 13.1. The van der Waals surface area contributed by atoms with Gasteiger partial charge in [0.1, 0.15) is 5.82 Å². The molecule has 1 N–H and O–H groups in total. The smallest absolute Gasteiger partial charge is 0.228 e. The van der Waals surface area contributed by atoms with Crippen LogP contribution < -0.4 is 10.4 Å². The Labute approximate surface area is 121 Å². The quantitative estimate of drug-likeness (QED) is 0.851. The fourth-order valence-electron chi connectivity index (χ4n) is 3.48. The molecule has 0 aliphatic heterocycles. The maximum absolute atomic E-state index is 13.1. The fraction of sp³-hybridized carbons (Fsp3) is 0.375. The number of aryl methyl sites for hydroxylation is 1. The van der Waals surface area contributed by atoms with Crippen LogP contribution in [0.25, 0.3) is 0 Å². The van der Waals surface area contributed by atoms with E-state index in [2.05, 4.69) is 5.32 Å². The van der Waals surface area contributed by atoms with E-state index in [-0.39, 0.29) is 23.6 Å². The van der Waals surface area contributed by atoms with Gasteiger partial charge < -0.3 is 15.2 Å². The number of aliphatic carboxylic acids is 1. The standard InChI is InChI=1S/C16H16FNO3/c1-8-6-11(17)4-5-12(8)18-15(19)13-9-2-3-10(7-9)14(13)16(20)21/h2-6,9-10,13-14H,7H2,1H3,(H,18,19)(H,20,21)/p-1/t9-,10-,13+,14-/m0/s1. The first-order chi connectivity index (χ1) is 9.97. The average molecular weight is 288 g/mol. The molecule has 2 aliphatic rings. The third-order valence-corrected chi connectivity index (χ3v) is 4.48. The first kappa shape index (κ1) is 13.8. The SMILES string of the molecule is Cc1cc(F)ccc1NC(=O)[C@H]1[C@@H](C(=O)[O-])[C@H]2C=C[C@H]1C2. The number of allylic oxidation sites excluding steroid dienone is 2. The molecule has 5 heteroatoms. The highest BCUT2D eigenvalue weighted by atomic mass is 19.1. The Bertz CT molecular complexity index is 640. The van der Waals surface area contributed by atoms with Gasteiger partial charge in [0.05, 0.1) is 5.92 Å². The zero-order chi connectivity index (χ0) is 15.1. The van der Waals surface area contributed by atoms with Gasteiger partial charge in [-0.25, -0.2) is 4.39 Å². The predicted molar refractivity (Wildman–Crippen MR) is 72.5 cm³/mol. The molecule has 1 amide bonds. The molecule has 0 aromatic heterocycles. The number of hydrogen-bond donors (Lipinski definition) is 1. The van der Waals surface area contributed by atoms with Gasteiger partial charge in [-0.2, -0.15) is 0 Å². The monoisotopic (exact) mass is 288 g/mol. The van der Waals surface area contributed by atoms with Crippen molar-refractivity contribution in [3.05, 3.63) is 41.7 Å². The highest BCUT2D eigenvalue weighted by Crippen LogP contribution is 2.48. The van der Waals surface area contributed by atoms with E-state index < -0.39 is 17.8 Å². The molecule has 110 valence electrons. The average Bonchev–Trinajstić information content (AvgIpc) is 3.02. The molecule has 1 fully saturated rings. The van der Waals surface area contributed by atoms with Gasteiger partial charge in [0.25, 0.3) is 0 Å². The number of rotatable bonds is 3. The highest BCUT2D eigenvalue weighted by Gasteiger charge is 2.48. The summed E-state index contributed by atoms with van der Waals surface area (Å²) in [6, 6.07) is 4.08. The van der Waals surface area contributed by atoms with E-state index in [4.69, 9.17) is 0 Å². The molecule has 0 unspecified atom stereocenters. The van der Waals surface area contributed by atoms with Crippen LogP contribution in [0.4, 0.5) is 10.1 Å².